The van der Waals surface area contributed by atoms with Crippen molar-refractivity contribution in [3.8, 4) is 11.5 Å². The molecule has 41 heavy (non-hydrogen) atoms. The normalized spacial score (nSPS) is 12.3. The summed E-state index contributed by atoms with van der Waals surface area (Å²) in [5.41, 5.74) is 16.8. The van der Waals surface area contributed by atoms with Crippen LogP contribution in [0.3, 0.4) is 0 Å². The van der Waals surface area contributed by atoms with Gasteiger partial charge in [-0.05, 0) is 65.7 Å². The lowest BCUT2D eigenvalue weighted by atomic mass is 10.1. The quantitative estimate of drug-likeness (QED) is 0.227. The Balaban J connectivity index is 0.000000189. The molecule has 4 aromatic carbocycles. The van der Waals surface area contributed by atoms with Crippen molar-refractivity contribution in [2.75, 3.05) is 31.9 Å². The molecule has 1 aliphatic rings. The Morgan fingerprint density at radius 2 is 1.12 bits per heavy atom. The van der Waals surface area contributed by atoms with Crippen LogP contribution in [0.1, 0.15) is 22.3 Å². The second-order valence-electron chi connectivity index (χ2n) is 10.1. The van der Waals surface area contributed by atoms with Gasteiger partial charge in [0.25, 0.3) is 0 Å². The van der Waals surface area contributed by atoms with E-state index in [1.165, 1.54) is 16.0 Å². The van der Waals surface area contributed by atoms with Gasteiger partial charge in [-0.2, -0.15) is 13.2 Å². The zero-order valence-electron chi connectivity index (χ0n) is 23.0. The van der Waals surface area contributed by atoms with Gasteiger partial charge in [-0.1, -0.05) is 60.7 Å². The highest BCUT2D eigenvalue weighted by molar-refractivity contribution is 5.44. The van der Waals surface area contributed by atoms with Gasteiger partial charge in [-0.15, -0.1) is 0 Å². The highest BCUT2D eigenvalue weighted by Gasteiger charge is 2.30. The molecule has 0 aromatic heterocycles. The maximum atomic E-state index is 12.7. The lowest BCUT2D eigenvalue weighted by Gasteiger charge is -2.24. The van der Waals surface area contributed by atoms with E-state index in [1.54, 1.807) is 24.3 Å². The van der Waals surface area contributed by atoms with Crippen LogP contribution in [0.15, 0.2) is 97.1 Å². The summed E-state index contributed by atoms with van der Waals surface area (Å²) < 4.78 is 48.9. The van der Waals surface area contributed by atoms with E-state index in [0.717, 1.165) is 41.4 Å². The van der Waals surface area contributed by atoms with Crippen LogP contribution in [0.2, 0.25) is 0 Å². The summed E-state index contributed by atoms with van der Waals surface area (Å²) in [5, 5.41) is 0. The Morgan fingerprint density at radius 1 is 0.634 bits per heavy atom. The van der Waals surface area contributed by atoms with Gasteiger partial charge in [-0.25, -0.2) is 0 Å². The van der Waals surface area contributed by atoms with Crippen molar-refractivity contribution < 1.29 is 22.6 Å². The zero-order chi connectivity index (χ0) is 29.2. The van der Waals surface area contributed by atoms with Crippen LogP contribution in [0, 0.1) is 0 Å². The maximum absolute atomic E-state index is 12.7. The maximum Gasteiger partial charge on any atom is 0.401 e. The minimum absolute atomic E-state index is 0.231. The molecule has 0 saturated carbocycles. The van der Waals surface area contributed by atoms with E-state index in [1.807, 2.05) is 54.6 Å². The van der Waals surface area contributed by atoms with E-state index in [0.29, 0.717) is 12.5 Å². The molecule has 5 rings (SSSR count). The van der Waals surface area contributed by atoms with Crippen molar-refractivity contribution >= 4 is 11.4 Å². The van der Waals surface area contributed by atoms with E-state index in [4.69, 9.17) is 20.9 Å². The summed E-state index contributed by atoms with van der Waals surface area (Å²) in [4.78, 5) is 3.63. The fourth-order valence-electron chi connectivity index (χ4n) is 4.49. The molecule has 0 radical (unpaired) electrons. The first kappa shape index (κ1) is 29.8. The van der Waals surface area contributed by atoms with Gasteiger partial charge in [0, 0.05) is 37.6 Å². The fourth-order valence-corrected chi connectivity index (χ4v) is 4.49. The molecular formula is C32H35F3N4O2. The Labute approximate surface area is 238 Å². The summed E-state index contributed by atoms with van der Waals surface area (Å²) in [5.74, 6) is 1.67. The standard InChI is InChI=1S/C16H17F3N2.C16H18N2O2/c17-16(18,19)12-21(10-13-4-2-1-3-5-13)11-14-6-8-15(20)9-7-14;1-18(9-12-2-5-14(17)6-3-12)10-13-4-7-15-16(8-13)20-11-19-15/h1-9H,10-12,20H2;2-8H,9-11,17H2,1H3. The molecule has 1 aliphatic heterocycles. The summed E-state index contributed by atoms with van der Waals surface area (Å²) >= 11 is 0. The number of nitrogens with zero attached hydrogens (tertiary/aromatic N) is 2. The predicted octanol–water partition coefficient (Wildman–Crippen LogP) is 6.46. The van der Waals surface area contributed by atoms with Crippen LogP contribution in [0.25, 0.3) is 0 Å². The zero-order valence-corrected chi connectivity index (χ0v) is 23.0. The first-order chi connectivity index (χ1) is 19.6. The van der Waals surface area contributed by atoms with E-state index < -0.39 is 12.7 Å². The summed E-state index contributed by atoms with van der Waals surface area (Å²) in [6, 6.07) is 30.1. The van der Waals surface area contributed by atoms with Crippen molar-refractivity contribution in [1.82, 2.24) is 9.80 Å². The van der Waals surface area contributed by atoms with E-state index >= 15 is 0 Å². The highest BCUT2D eigenvalue weighted by atomic mass is 19.4. The number of anilines is 2. The summed E-state index contributed by atoms with van der Waals surface area (Å²) in [7, 11) is 2.10. The number of fused-ring (bicyclic) bond motifs is 1. The number of ether oxygens (including phenoxy) is 2. The van der Waals surface area contributed by atoms with Crippen LogP contribution < -0.4 is 20.9 Å². The fraction of sp³-hybridized carbons (Fsp3) is 0.250. The number of nitrogen functional groups attached to an aromatic ring is 2. The van der Waals surface area contributed by atoms with Gasteiger partial charge in [0.1, 0.15) is 0 Å². The van der Waals surface area contributed by atoms with Crippen molar-refractivity contribution in [2.24, 2.45) is 0 Å². The average Bonchev–Trinajstić information content (AvgIpc) is 3.39. The molecule has 0 spiro atoms. The lowest BCUT2D eigenvalue weighted by Crippen LogP contribution is -2.33. The number of nitrogens with two attached hydrogens (primary N) is 2. The van der Waals surface area contributed by atoms with Gasteiger partial charge in [0.2, 0.25) is 6.79 Å². The Kier molecular flexibility index (Phi) is 10.1. The topological polar surface area (TPSA) is 77.0 Å². The number of hydrogen-bond donors (Lipinski definition) is 2. The molecule has 0 bridgehead atoms. The van der Waals surface area contributed by atoms with Crippen molar-refractivity contribution in [1.29, 1.82) is 0 Å². The van der Waals surface area contributed by atoms with Gasteiger partial charge in [-0.3, -0.25) is 9.80 Å². The highest BCUT2D eigenvalue weighted by Crippen LogP contribution is 2.32. The molecule has 1 heterocycles. The van der Waals surface area contributed by atoms with Crippen LogP contribution >= 0.6 is 0 Å². The lowest BCUT2D eigenvalue weighted by molar-refractivity contribution is -0.148. The van der Waals surface area contributed by atoms with Crippen molar-refractivity contribution in [2.45, 2.75) is 32.4 Å². The number of alkyl halides is 3. The van der Waals surface area contributed by atoms with E-state index in [-0.39, 0.29) is 13.1 Å². The molecule has 0 fully saturated rings. The number of halogens is 3. The molecule has 0 unspecified atom stereocenters. The number of hydrogen-bond acceptors (Lipinski definition) is 6. The van der Waals surface area contributed by atoms with Crippen molar-refractivity contribution in [3.63, 3.8) is 0 Å². The Bertz CT molecular complexity index is 1360. The Hall–Kier alpha value is -4.21. The molecule has 6 nitrogen and oxygen atoms in total. The molecule has 0 amide bonds. The molecule has 9 heteroatoms. The van der Waals surface area contributed by atoms with E-state index in [2.05, 4.69) is 30.1 Å². The van der Waals surface area contributed by atoms with Gasteiger partial charge in [0.05, 0.1) is 6.54 Å². The second kappa shape index (κ2) is 13.9. The third-order valence-electron chi connectivity index (χ3n) is 6.36. The Morgan fingerprint density at radius 3 is 1.71 bits per heavy atom. The predicted molar refractivity (Wildman–Crippen MR) is 156 cm³/mol. The number of benzene rings is 4. The molecule has 216 valence electrons. The molecule has 0 saturated heterocycles. The minimum atomic E-state index is -4.22. The SMILES string of the molecule is CN(Cc1ccc(N)cc1)Cc1ccc2c(c1)OCO2.Nc1ccc(CN(Cc2ccccc2)CC(F)(F)F)cc1. The molecule has 4 aromatic rings. The molecule has 4 N–H and O–H groups in total. The first-order valence-corrected chi connectivity index (χ1v) is 13.2. The van der Waals surface area contributed by atoms with Crippen molar-refractivity contribution in [3.05, 3.63) is 119 Å². The molecular weight excluding hydrogens is 529 g/mol. The first-order valence-electron chi connectivity index (χ1n) is 13.2. The van der Waals surface area contributed by atoms with Crippen LogP contribution in [-0.2, 0) is 26.2 Å². The largest absolute Gasteiger partial charge is 0.454 e. The van der Waals surface area contributed by atoms with Gasteiger partial charge < -0.3 is 20.9 Å². The average molecular weight is 565 g/mol. The number of rotatable bonds is 9. The van der Waals surface area contributed by atoms with Crippen LogP contribution in [0.4, 0.5) is 24.5 Å². The summed E-state index contributed by atoms with van der Waals surface area (Å²) in [6.45, 7) is 1.61. The van der Waals surface area contributed by atoms with Gasteiger partial charge in [0.15, 0.2) is 11.5 Å². The molecule has 0 aliphatic carbocycles. The monoisotopic (exact) mass is 564 g/mol. The van der Waals surface area contributed by atoms with Gasteiger partial charge >= 0.3 is 6.18 Å². The minimum Gasteiger partial charge on any atom is -0.454 e. The van der Waals surface area contributed by atoms with Crippen LogP contribution in [-0.4, -0.2) is 36.4 Å². The summed E-state index contributed by atoms with van der Waals surface area (Å²) in [6.07, 6.45) is -4.22. The van der Waals surface area contributed by atoms with Crippen LogP contribution in [0.5, 0.6) is 11.5 Å². The molecule has 0 atom stereocenters. The smallest absolute Gasteiger partial charge is 0.401 e. The third-order valence-corrected chi connectivity index (χ3v) is 6.36. The van der Waals surface area contributed by atoms with E-state index in [9.17, 15) is 13.2 Å². The third kappa shape index (κ3) is 10.0. The second-order valence-corrected chi connectivity index (χ2v) is 10.1.